The molecular formula is C14H18ClNO3S. The van der Waals surface area contributed by atoms with Crippen LogP contribution in [0.3, 0.4) is 0 Å². The fraction of sp³-hybridized carbons (Fsp3) is 0.500. The number of nitrogens with zero attached hydrogens (tertiary/aromatic N) is 1. The molecule has 1 aromatic carbocycles. The monoisotopic (exact) mass is 315 g/mol. The maximum atomic E-state index is 12.6. The smallest absolute Gasteiger partial charge is 0.262 e. The van der Waals surface area contributed by atoms with E-state index >= 15 is 0 Å². The van der Waals surface area contributed by atoms with E-state index in [2.05, 4.69) is 6.92 Å². The number of hydrogen-bond donors (Lipinski definition) is 0. The fourth-order valence-electron chi connectivity index (χ4n) is 2.76. The summed E-state index contributed by atoms with van der Waals surface area (Å²) in [6, 6.07) is 4.74. The van der Waals surface area contributed by atoms with Crippen molar-refractivity contribution < 1.29 is 13.2 Å². The fourth-order valence-corrected chi connectivity index (χ4v) is 3.80. The molecule has 1 heterocycles. The van der Waals surface area contributed by atoms with E-state index in [1.165, 1.54) is 6.07 Å². The van der Waals surface area contributed by atoms with Crippen molar-refractivity contribution in [3.8, 4) is 0 Å². The third kappa shape index (κ3) is 2.99. The van der Waals surface area contributed by atoms with Gasteiger partial charge in [0.15, 0.2) is 0 Å². The third-order valence-corrected chi connectivity index (χ3v) is 5.05. The lowest BCUT2D eigenvalue weighted by Gasteiger charge is -2.22. The number of benzene rings is 1. The Kier molecular flexibility index (Phi) is 4.12. The highest BCUT2D eigenvalue weighted by molar-refractivity contribution is 8.13. The van der Waals surface area contributed by atoms with E-state index in [9.17, 15) is 13.2 Å². The van der Waals surface area contributed by atoms with Gasteiger partial charge in [0.2, 0.25) is 0 Å². The summed E-state index contributed by atoms with van der Waals surface area (Å²) in [5.41, 5.74) is 0.998. The molecule has 0 aromatic heterocycles. The van der Waals surface area contributed by atoms with Crippen molar-refractivity contribution in [3.05, 3.63) is 29.3 Å². The molecule has 4 nitrogen and oxygen atoms in total. The topological polar surface area (TPSA) is 54.5 Å². The highest BCUT2D eigenvalue weighted by Gasteiger charge is 2.33. The largest absolute Gasteiger partial charge is 0.336 e. The van der Waals surface area contributed by atoms with Crippen LogP contribution in [0.4, 0.5) is 0 Å². The molecule has 2 rings (SSSR count). The van der Waals surface area contributed by atoms with Crippen molar-refractivity contribution >= 4 is 25.6 Å². The Morgan fingerprint density at radius 3 is 2.50 bits per heavy atom. The van der Waals surface area contributed by atoms with Gasteiger partial charge in [-0.15, -0.1) is 0 Å². The average molecular weight is 316 g/mol. The molecule has 1 fully saturated rings. The van der Waals surface area contributed by atoms with Crippen molar-refractivity contribution in [1.29, 1.82) is 0 Å². The molecule has 0 bridgehead atoms. The predicted molar refractivity (Wildman–Crippen MR) is 78.5 cm³/mol. The SMILES string of the molecule is Cc1ccc(S(=O)(=O)Cl)c(C(=O)N2CC(C)CC2C)c1. The van der Waals surface area contributed by atoms with Crippen LogP contribution in [-0.4, -0.2) is 31.8 Å². The number of carbonyl (C=O) groups is 1. The van der Waals surface area contributed by atoms with Crippen molar-refractivity contribution in [2.45, 2.75) is 38.1 Å². The summed E-state index contributed by atoms with van der Waals surface area (Å²) in [4.78, 5) is 14.2. The zero-order valence-corrected chi connectivity index (χ0v) is 13.3. The Labute approximate surface area is 124 Å². The van der Waals surface area contributed by atoms with Crippen LogP contribution in [0.1, 0.15) is 36.2 Å². The molecule has 0 spiro atoms. The van der Waals surface area contributed by atoms with Crippen molar-refractivity contribution in [2.24, 2.45) is 5.92 Å². The Hall–Kier alpha value is -1.07. The molecule has 2 atom stereocenters. The highest BCUT2D eigenvalue weighted by Crippen LogP contribution is 2.28. The second kappa shape index (κ2) is 5.37. The predicted octanol–water partition coefficient (Wildman–Crippen LogP) is 2.79. The van der Waals surface area contributed by atoms with Crippen LogP contribution in [0, 0.1) is 12.8 Å². The molecule has 0 radical (unpaired) electrons. The van der Waals surface area contributed by atoms with Gasteiger partial charge >= 0.3 is 0 Å². The molecule has 1 aliphatic rings. The number of aryl methyl sites for hydroxylation is 1. The Morgan fingerprint density at radius 1 is 1.35 bits per heavy atom. The molecule has 1 amide bonds. The summed E-state index contributed by atoms with van der Waals surface area (Å²) < 4.78 is 23.2. The Morgan fingerprint density at radius 2 is 2.00 bits per heavy atom. The van der Waals surface area contributed by atoms with Crippen LogP contribution in [-0.2, 0) is 9.05 Å². The van der Waals surface area contributed by atoms with Crippen LogP contribution in [0.15, 0.2) is 23.1 Å². The van der Waals surface area contributed by atoms with E-state index in [1.807, 2.05) is 13.8 Å². The molecule has 1 saturated heterocycles. The van der Waals surface area contributed by atoms with Crippen LogP contribution in [0.2, 0.25) is 0 Å². The van der Waals surface area contributed by atoms with Gasteiger partial charge in [-0.3, -0.25) is 4.79 Å². The lowest BCUT2D eigenvalue weighted by Crippen LogP contribution is -2.34. The minimum atomic E-state index is -3.93. The van der Waals surface area contributed by atoms with E-state index in [0.29, 0.717) is 12.5 Å². The number of rotatable bonds is 2. The number of amides is 1. The zero-order chi connectivity index (χ0) is 15.1. The van der Waals surface area contributed by atoms with Crippen molar-refractivity contribution in [2.75, 3.05) is 6.54 Å². The number of carbonyl (C=O) groups excluding carboxylic acids is 1. The van der Waals surface area contributed by atoms with Gasteiger partial charge in [-0.2, -0.15) is 0 Å². The molecule has 1 aromatic rings. The summed E-state index contributed by atoms with van der Waals surface area (Å²) in [5.74, 6) is 0.166. The molecule has 0 saturated carbocycles. The second-order valence-electron chi connectivity index (χ2n) is 5.58. The first-order valence-corrected chi connectivity index (χ1v) is 8.87. The molecule has 2 unspecified atom stereocenters. The summed E-state index contributed by atoms with van der Waals surface area (Å²) in [7, 11) is 1.50. The maximum absolute atomic E-state index is 12.6. The van der Waals surface area contributed by atoms with Gasteiger partial charge in [-0.05, 0) is 38.3 Å². The number of halogens is 1. The van der Waals surface area contributed by atoms with Crippen LogP contribution >= 0.6 is 10.7 Å². The molecule has 110 valence electrons. The standard InChI is InChI=1S/C14H18ClNO3S/c1-9-4-5-13(20(15,18)19)12(7-9)14(17)16-8-10(2)6-11(16)3/h4-5,7,10-11H,6,8H2,1-3H3. The summed E-state index contributed by atoms with van der Waals surface area (Å²) in [5, 5.41) is 0. The normalized spacial score (nSPS) is 23.1. The van der Waals surface area contributed by atoms with E-state index in [1.54, 1.807) is 17.0 Å². The molecule has 20 heavy (non-hydrogen) atoms. The third-order valence-electron chi connectivity index (χ3n) is 3.67. The maximum Gasteiger partial charge on any atom is 0.262 e. The van der Waals surface area contributed by atoms with Crippen LogP contribution < -0.4 is 0 Å². The molecule has 0 N–H and O–H groups in total. The minimum Gasteiger partial charge on any atom is -0.336 e. The van der Waals surface area contributed by atoms with E-state index in [4.69, 9.17) is 10.7 Å². The van der Waals surface area contributed by atoms with Gasteiger partial charge in [0.25, 0.3) is 15.0 Å². The van der Waals surface area contributed by atoms with E-state index in [-0.39, 0.29) is 22.4 Å². The van der Waals surface area contributed by atoms with E-state index in [0.717, 1.165) is 12.0 Å². The highest BCUT2D eigenvalue weighted by atomic mass is 35.7. The average Bonchev–Trinajstić information content (AvgIpc) is 2.65. The van der Waals surface area contributed by atoms with Crippen molar-refractivity contribution in [3.63, 3.8) is 0 Å². The summed E-state index contributed by atoms with van der Waals surface area (Å²) in [6.45, 7) is 6.53. The van der Waals surface area contributed by atoms with Crippen LogP contribution in [0.5, 0.6) is 0 Å². The minimum absolute atomic E-state index is 0.110. The van der Waals surface area contributed by atoms with Crippen LogP contribution in [0.25, 0.3) is 0 Å². The summed E-state index contributed by atoms with van der Waals surface area (Å²) >= 11 is 0. The molecule has 1 aliphatic heterocycles. The Balaban J connectivity index is 2.47. The number of likely N-dealkylation sites (tertiary alicyclic amines) is 1. The number of hydrogen-bond acceptors (Lipinski definition) is 3. The first-order valence-electron chi connectivity index (χ1n) is 6.56. The molecular weight excluding hydrogens is 298 g/mol. The first-order chi connectivity index (χ1) is 9.20. The second-order valence-corrected chi connectivity index (χ2v) is 8.12. The summed E-state index contributed by atoms with van der Waals surface area (Å²) in [6.07, 6.45) is 0.931. The zero-order valence-electron chi connectivity index (χ0n) is 11.8. The van der Waals surface area contributed by atoms with Gasteiger partial charge < -0.3 is 4.90 Å². The van der Waals surface area contributed by atoms with Gasteiger partial charge in [-0.25, -0.2) is 8.42 Å². The van der Waals surface area contributed by atoms with Crippen molar-refractivity contribution in [1.82, 2.24) is 4.90 Å². The lowest BCUT2D eigenvalue weighted by atomic mass is 10.1. The quantitative estimate of drug-likeness (QED) is 0.789. The van der Waals surface area contributed by atoms with Gasteiger partial charge in [0.1, 0.15) is 0 Å². The van der Waals surface area contributed by atoms with Gasteiger partial charge in [-0.1, -0.05) is 18.6 Å². The van der Waals surface area contributed by atoms with Gasteiger partial charge in [0.05, 0.1) is 10.5 Å². The first kappa shape index (κ1) is 15.3. The molecule has 0 aliphatic carbocycles. The Bertz CT molecular complexity index is 642. The molecule has 6 heteroatoms. The lowest BCUT2D eigenvalue weighted by molar-refractivity contribution is 0.0740. The van der Waals surface area contributed by atoms with E-state index < -0.39 is 9.05 Å². The van der Waals surface area contributed by atoms with Gasteiger partial charge in [0, 0.05) is 23.3 Å².